The van der Waals surface area contributed by atoms with Crippen LogP contribution in [0.3, 0.4) is 0 Å². The predicted molar refractivity (Wildman–Crippen MR) is 283 cm³/mol. The Morgan fingerprint density at radius 2 is 0.814 bits per heavy atom. The summed E-state index contributed by atoms with van der Waals surface area (Å²) in [5.41, 5.74) is 18.8. The summed E-state index contributed by atoms with van der Waals surface area (Å²) in [4.78, 5) is 10.5. The van der Waals surface area contributed by atoms with Gasteiger partial charge in [-0.3, -0.25) is 0 Å². The molecular weight excluding hydrogens is 868 g/mol. The summed E-state index contributed by atoms with van der Waals surface area (Å²) < 4.78 is 46.8. The third-order valence-electron chi connectivity index (χ3n) is 13.4. The molecule has 0 radical (unpaired) electrons. The van der Waals surface area contributed by atoms with Gasteiger partial charge in [0.25, 0.3) is 0 Å². The van der Waals surface area contributed by atoms with Gasteiger partial charge >= 0.3 is 6.18 Å². The molecule has 3 nitrogen and oxygen atoms in total. The van der Waals surface area contributed by atoms with E-state index in [9.17, 15) is 13.2 Å². The minimum Gasteiger partial charge on any atom is -0.308 e. The molecule has 2 aromatic heterocycles. The zero-order valence-corrected chi connectivity index (χ0v) is 39.5. The summed E-state index contributed by atoms with van der Waals surface area (Å²) in [6, 6.07) is 66.3. The number of halogens is 3. The number of benzene rings is 9. The van der Waals surface area contributed by atoms with E-state index >= 15 is 0 Å². The van der Waals surface area contributed by atoms with Crippen LogP contribution in [-0.2, 0) is 6.18 Å². The van der Waals surface area contributed by atoms with Crippen LogP contribution in [0.15, 0.2) is 200 Å². The Balaban J connectivity index is 1.27. The number of aromatic nitrogens is 3. The molecule has 0 fully saturated rings. The van der Waals surface area contributed by atoms with Gasteiger partial charge in [-0.2, -0.15) is 13.2 Å². The average Bonchev–Trinajstić information content (AvgIpc) is 3.68. The summed E-state index contributed by atoms with van der Waals surface area (Å²) >= 11 is 0. The second-order valence-electron chi connectivity index (χ2n) is 18.5. The molecule has 0 unspecified atom stereocenters. The van der Waals surface area contributed by atoms with Crippen molar-refractivity contribution in [1.82, 2.24) is 14.5 Å². The van der Waals surface area contributed by atoms with E-state index in [2.05, 4.69) is 136 Å². The minimum atomic E-state index is -4.58. The van der Waals surface area contributed by atoms with Crippen molar-refractivity contribution in [3.63, 3.8) is 0 Å². The second kappa shape index (κ2) is 17.6. The van der Waals surface area contributed by atoms with Crippen molar-refractivity contribution in [3.8, 4) is 84.1 Å². The minimum absolute atomic E-state index is 0.414. The summed E-state index contributed by atoms with van der Waals surface area (Å²) in [7, 11) is 0. The van der Waals surface area contributed by atoms with E-state index in [1.807, 2.05) is 78.9 Å². The third kappa shape index (κ3) is 8.26. The first-order valence-corrected chi connectivity index (χ1v) is 23.5. The predicted octanol–water partition coefficient (Wildman–Crippen LogP) is 17.8. The van der Waals surface area contributed by atoms with Gasteiger partial charge in [0.2, 0.25) is 0 Å². The number of aryl methyl sites for hydroxylation is 5. The standard InChI is InChI=1S/C64H48F3N3/c1-39-14-12-19-46(32-39)54-36-50(63-68-58(44-15-8-6-9-16-44)38-59(69-63)45-17-10-7-11-18-45)37-55(47-20-13-21-51(33-47)64(65,66)67)62(54)70-60-28-24-48(52-26-22-40(2)30-42(52)4)34-56(60)57-35-49(25-29-61(57)70)53-27-23-41(3)31-43(53)5/h6-38H,1-5H3. The van der Waals surface area contributed by atoms with E-state index < -0.39 is 11.7 Å². The Morgan fingerprint density at radius 3 is 1.30 bits per heavy atom. The maximum absolute atomic E-state index is 14.8. The number of hydrogen-bond acceptors (Lipinski definition) is 2. The largest absolute Gasteiger partial charge is 0.416 e. The van der Waals surface area contributed by atoms with E-state index in [1.165, 1.54) is 34.4 Å². The highest BCUT2D eigenvalue weighted by Gasteiger charge is 2.31. The van der Waals surface area contributed by atoms with Crippen LogP contribution in [0.25, 0.3) is 106 Å². The summed E-state index contributed by atoms with van der Waals surface area (Å²) in [6.45, 7) is 10.6. The van der Waals surface area contributed by atoms with Crippen molar-refractivity contribution in [3.05, 3.63) is 234 Å². The molecule has 0 N–H and O–H groups in total. The lowest BCUT2D eigenvalue weighted by Gasteiger charge is -2.22. The Bertz CT molecular complexity index is 3640. The molecule has 11 rings (SSSR count). The van der Waals surface area contributed by atoms with E-state index in [-0.39, 0.29) is 0 Å². The van der Waals surface area contributed by atoms with E-state index in [0.717, 1.165) is 95.0 Å². The van der Waals surface area contributed by atoms with Gasteiger partial charge in [-0.1, -0.05) is 162 Å². The molecule has 0 spiro atoms. The average molecular weight is 916 g/mol. The number of rotatable bonds is 8. The van der Waals surface area contributed by atoms with Crippen molar-refractivity contribution in [1.29, 1.82) is 0 Å². The number of nitrogens with zero attached hydrogens (tertiary/aromatic N) is 3. The molecule has 340 valence electrons. The van der Waals surface area contributed by atoms with Gasteiger partial charge in [-0.15, -0.1) is 0 Å². The van der Waals surface area contributed by atoms with Gasteiger partial charge in [0, 0.05) is 38.6 Å². The molecule has 9 aromatic carbocycles. The van der Waals surface area contributed by atoms with Gasteiger partial charge in [0.1, 0.15) is 0 Å². The topological polar surface area (TPSA) is 30.7 Å². The molecule has 6 heteroatoms. The van der Waals surface area contributed by atoms with Crippen molar-refractivity contribution in [2.45, 2.75) is 40.8 Å². The van der Waals surface area contributed by atoms with Crippen LogP contribution < -0.4 is 0 Å². The van der Waals surface area contributed by atoms with E-state index in [0.29, 0.717) is 22.5 Å². The van der Waals surface area contributed by atoms with Crippen molar-refractivity contribution < 1.29 is 13.2 Å². The molecule has 0 bridgehead atoms. The highest BCUT2D eigenvalue weighted by atomic mass is 19.4. The fraction of sp³-hybridized carbons (Fsp3) is 0.0938. The first kappa shape index (κ1) is 44.2. The zero-order chi connectivity index (χ0) is 48.3. The first-order valence-electron chi connectivity index (χ1n) is 23.5. The van der Waals surface area contributed by atoms with Crippen molar-refractivity contribution >= 4 is 21.8 Å². The maximum atomic E-state index is 14.8. The summed E-state index contributed by atoms with van der Waals surface area (Å²) in [6.07, 6.45) is -4.58. The monoisotopic (exact) mass is 915 g/mol. The molecule has 0 saturated carbocycles. The lowest BCUT2D eigenvalue weighted by molar-refractivity contribution is -0.137. The molecule has 0 aliphatic heterocycles. The molecule has 0 aliphatic rings. The molecule has 0 aliphatic carbocycles. The van der Waals surface area contributed by atoms with Gasteiger partial charge in [0.05, 0.1) is 33.7 Å². The molecule has 2 heterocycles. The van der Waals surface area contributed by atoms with Crippen LogP contribution in [0, 0.1) is 34.6 Å². The summed E-state index contributed by atoms with van der Waals surface area (Å²) in [5, 5.41) is 2.06. The highest BCUT2D eigenvalue weighted by Crippen LogP contribution is 2.46. The van der Waals surface area contributed by atoms with Crippen LogP contribution in [0.2, 0.25) is 0 Å². The SMILES string of the molecule is Cc1cccc(-c2cc(-c3nc(-c4ccccc4)cc(-c4ccccc4)n3)cc(-c3cccc(C(F)(F)F)c3)c2-n2c3ccc(-c4ccc(C)cc4C)cc3c3cc(-c4ccc(C)cc4C)ccc32)c1. The Labute approximate surface area is 406 Å². The quantitative estimate of drug-likeness (QED) is 0.152. The van der Waals surface area contributed by atoms with Gasteiger partial charge in [-0.25, -0.2) is 9.97 Å². The second-order valence-corrected chi connectivity index (χ2v) is 18.5. The Kier molecular flexibility index (Phi) is 11.1. The Morgan fingerprint density at radius 1 is 0.357 bits per heavy atom. The zero-order valence-electron chi connectivity index (χ0n) is 39.5. The molecule has 70 heavy (non-hydrogen) atoms. The van der Waals surface area contributed by atoms with Crippen LogP contribution in [0.5, 0.6) is 0 Å². The van der Waals surface area contributed by atoms with Crippen molar-refractivity contribution in [2.75, 3.05) is 0 Å². The fourth-order valence-corrected chi connectivity index (χ4v) is 10.1. The highest BCUT2D eigenvalue weighted by molar-refractivity contribution is 6.13. The van der Waals surface area contributed by atoms with Gasteiger partial charge in [0.15, 0.2) is 5.82 Å². The lowest BCUT2D eigenvalue weighted by atomic mass is 9.91. The molecule has 11 aromatic rings. The number of alkyl halides is 3. The fourth-order valence-electron chi connectivity index (χ4n) is 10.1. The molecule has 0 atom stereocenters. The van der Waals surface area contributed by atoms with Crippen LogP contribution in [0.1, 0.15) is 33.4 Å². The smallest absolute Gasteiger partial charge is 0.308 e. The maximum Gasteiger partial charge on any atom is 0.416 e. The van der Waals surface area contributed by atoms with Crippen molar-refractivity contribution in [2.24, 2.45) is 0 Å². The van der Waals surface area contributed by atoms with Crippen LogP contribution in [-0.4, -0.2) is 14.5 Å². The Hall–Kier alpha value is -8.35. The first-order chi connectivity index (χ1) is 33.9. The molecule has 0 saturated heterocycles. The van der Waals surface area contributed by atoms with E-state index in [4.69, 9.17) is 9.97 Å². The molecule has 0 amide bonds. The normalized spacial score (nSPS) is 11.7. The lowest BCUT2D eigenvalue weighted by Crippen LogP contribution is -2.06. The number of fused-ring (bicyclic) bond motifs is 3. The van der Waals surface area contributed by atoms with Gasteiger partial charge < -0.3 is 4.57 Å². The number of hydrogen-bond donors (Lipinski definition) is 0. The van der Waals surface area contributed by atoms with Gasteiger partial charge in [-0.05, 0) is 134 Å². The van der Waals surface area contributed by atoms with Crippen LogP contribution >= 0.6 is 0 Å². The summed E-state index contributed by atoms with van der Waals surface area (Å²) in [5.74, 6) is 0.451. The molecular formula is C64H48F3N3. The third-order valence-corrected chi connectivity index (χ3v) is 13.4. The van der Waals surface area contributed by atoms with E-state index in [1.54, 1.807) is 6.07 Å². The van der Waals surface area contributed by atoms with Crippen LogP contribution in [0.4, 0.5) is 13.2 Å².